The maximum absolute atomic E-state index is 5.28. The highest BCUT2D eigenvalue weighted by atomic mass is 16.5. The molecular weight excluding hydrogens is 236 g/mol. The first kappa shape index (κ1) is 12.0. The van der Waals surface area contributed by atoms with Crippen LogP contribution in [0.4, 0.5) is 0 Å². The first-order valence-electron chi connectivity index (χ1n) is 7.80. The second-order valence-corrected chi connectivity index (χ2v) is 7.35. The van der Waals surface area contributed by atoms with Crippen LogP contribution in [0.5, 0.6) is 0 Å². The van der Waals surface area contributed by atoms with Crippen LogP contribution < -0.4 is 5.32 Å². The average molecular weight is 260 g/mol. The summed E-state index contributed by atoms with van der Waals surface area (Å²) in [6.45, 7) is 5.01. The molecule has 3 heteroatoms. The molecule has 0 aromatic carbocycles. The Morgan fingerprint density at radius 1 is 1.11 bits per heavy atom. The summed E-state index contributed by atoms with van der Waals surface area (Å²) in [5.74, 6) is 3.99. The van der Waals surface area contributed by atoms with E-state index in [1.807, 2.05) is 13.8 Å². The lowest BCUT2D eigenvalue weighted by Crippen LogP contribution is -2.58. The zero-order chi connectivity index (χ0) is 13.0. The number of nitrogens with zero attached hydrogens (tertiary/aromatic N) is 1. The van der Waals surface area contributed by atoms with Crippen molar-refractivity contribution in [2.45, 2.75) is 64.5 Å². The largest absolute Gasteiger partial charge is 0.361 e. The highest BCUT2D eigenvalue weighted by Gasteiger charge is 2.50. The summed E-state index contributed by atoms with van der Waals surface area (Å²) < 4.78 is 5.28. The van der Waals surface area contributed by atoms with Gasteiger partial charge in [0, 0.05) is 17.6 Å². The lowest BCUT2D eigenvalue weighted by molar-refractivity contribution is -0.0206. The van der Waals surface area contributed by atoms with Gasteiger partial charge in [0.1, 0.15) is 5.76 Å². The molecule has 0 atom stereocenters. The van der Waals surface area contributed by atoms with Gasteiger partial charge in [0.25, 0.3) is 0 Å². The van der Waals surface area contributed by atoms with Gasteiger partial charge in [-0.15, -0.1) is 0 Å². The van der Waals surface area contributed by atoms with E-state index in [-0.39, 0.29) is 0 Å². The lowest BCUT2D eigenvalue weighted by atomic mass is 9.53. The van der Waals surface area contributed by atoms with Crippen molar-refractivity contribution in [3.05, 3.63) is 17.0 Å². The minimum absolute atomic E-state index is 0.435. The summed E-state index contributed by atoms with van der Waals surface area (Å²) >= 11 is 0. The third kappa shape index (κ3) is 1.94. The maximum Gasteiger partial charge on any atom is 0.138 e. The lowest BCUT2D eigenvalue weighted by Gasteiger charge is -2.57. The predicted octanol–water partition coefficient (Wildman–Crippen LogP) is 3.35. The van der Waals surface area contributed by atoms with Gasteiger partial charge in [-0.1, -0.05) is 5.16 Å². The fourth-order valence-electron chi connectivity index (χ4n) is 5.36. The van der Waals surface area contributed by atoms with Gasteiger partial charge in [0.15, 0.2) is 0 Å². The van der Waals surface area contributed by atoms with Crippen molar-refractivity contribution in [2.75, 3.05) is 0 Å². The minimum Gasteiger partial charge on any atom is -0.361 e. The van der Waals surface area contributed by atoms with Crippen molar-refractivity contribution in [1.29, 1.82) is 0 Å². The van der Waals surface area contributed by atoms with E-state index in [0.717, 1.165) is 35.8 Å². The molecule has 1 N–H and O–H groups in total. The predicted molar refractivity (Wildman–Crippen MR) is 73.7 cm³/mol. The Labute approximate surface area is 115 Å². The Bertz CT molecular complexity index is 436. The molecule has 4 aliphatic rings. The molecule has 0 amide bonds. The quantitative estimate of drug-likeness (QED) is 0.905. The van der Waals surface area contributed by atoms with E-state index >= 15 is 0 Å². The molecule has 4 saturated carbocycles. The zero-order valence-corrected chi connectivity index (χ0v) is 12.0. The number of hydrogen-bond donors (Lipinski definition) is 1. The monoisotopic (exact) mass is 260 g/mol. The number of aromatic nitrogens is 1. The van der Waals surface area contributed by atoms with Crippen molar-refractivity contribution >= 4 is 0 Å². The number of hydrogen-bond acceptors (Lipinski definition) is 3. The van der Waals surface area contributed by atoms with Crippen LogP contribution >= 0.6 is 0 Å². The van der Waals surface area contributed by atoms with E-state index in [0.29, 0.717) is 5.54 Å². The van der Waals surface area contributed by atoms with Gasteiger partial charge < -0.3 is 9.84 Å². The SMILES string of the molecule is Cc1noc(C)c1CNC12CC3CC(CC(C3)C1)C2. The van der Waals surface area contributed by atoms with Gasteiger partial charge in [-0.05, 0) is 70.1 Å². The molecule has 1 aromatic heterocycles. The van der Waals surface area contributed by atoms with Crippen molar-refractivity contribution in [3.63, 3.8) is 0 Å². The standard InChI is InChI=1S/C16H24N2O/c1-10-15(11(2)19-18-10)9-17-16-6-12-3-13(7-16)5-14(4-12)8-16/h12-14,17H,3-9H2,1-2H3. The molecule has 4 bridgehead atoms. The summed E-state index contributed by atoms with van der Waals surface area (Å²) in [6, 6.07) is 0. The molecule has 3 nitrogen and oxygen atoms in total. The Hall–Kier alpha value is -0.830. The van der Waals surface area contributed by atoms with Crippen molar-refractivity contribution < 1.29 is 4.52 Å². The second-order valence-electron chi connectivity index (χ2n) is 7.35. The molecule has 1 aromatic rings. The molecule has 19 heavy (non-hydrogen) atoms. The van der Waals surface area contributed by atoms with Crippen molar-refractivity contribution in [3.8, 4) is 0 Å². The third-order valence-electron chi connectivity index (χ3n) is 5.86. The number of rotatable bonds is 3. The fourth-order valence-corrected chi connectivity index (χ4v) is 5.36. The van der Waals surface area contributed by atoms with Gasteiger partial charge >= 0.3 is 0 Å². The Balaban J connectivity index is 1.51. The van der Waals surface area contributed by atoms with E-state index in [9.17, 15) is 0 Å². The van der Waals surface area contributed by atoms with Gasteiger partial charge in [0.2, 0.25) is 0 Å². The summed E-state index contributed by atoms with van der Waals surface area (Å²) in [4.78, 5) is 0. The maximum atomic E-state index is 5.28. The van der Waals surface area contributed by atoms with Gasteiger partial charge in [-0.3, -0.25) is 0 Å². The van der Waals surface area contributed by atoms with Crippen LogP contribution in [0.25, 0.3) is 0 Å². The first-order chi connectivity index (χ1) is 9.13. The topological polar surface area (TPSA) is 38.1 Å². The van der Waals surface area contributed by atoms with Crippen LogP contribution in [-0.2, 0) is 6.54 Å². The average Bonchev–Trinajstić information content (AvgIpc) is 2.65. The molecule has 4 fully saturated rings. The normalized spacial score (nSPS) is 40.0. The summed E-state index contributed by atoms with van der Waals surface area (Å²) in [5.41, 5.74) is 2.76. The van der Waals surface area contributed by atoms with E-state index in [4.69, 9.17) is 4.52 Å². The van der Waals surface area contributed by atoms with Crippen LogP contribution in [-0.4, -0.2) is 10.7 Å². The Morgan fingerprint density at radius 2 is 1.68 bits per heavy atom. The van der Waals surface area contributed by atoms with Gasteiger partial charge in [0.05, 0.1) is 5.69 Å². The second kappa shape index (κ2) is 4.08. The minimum atomic E-state index is 0.435. The summed E-state index contributed by atoms with van der Waals surface area (Å²) in [7, 11) is 0. The fraction of sp³-hybridized carbons (Fsp3) is 0.812. The molecule has 4 aliphatic carbocycles. The first-order valence-corrected chi connectivity index (χ1v) is 7.80. The third-order valence-corrected chi connectivity index (χ3v) is 5.86. The highest BCUT2D eigenvalue weighted by molar-refractivity contribution is 5.21. The molecular formula is C16H24N2O. The molecule has 0 aliphatic heterocycles. The van der Waals surface area contributed by atoms with E-state index in [1.54, 1.807) is 0 Å². The van der Waals surface area contributed by atoms with Crippen LogP contribution in [0.15, 0.2) is 4.52 Å². The van der Waals surface area contributed by atoms with Crippen LogP contribution in [0, 0.1) is 31.6 Å². The molecule has 0 unspecified atom stereocenters. The number of nitrogens with one attached hydrogen (secondary N) is 1. The summed E-state index contributed by atoms with van der Waals surface area (Å²) in [6.07, 6.45) is 8.73. The van der Waals surface area contributed by atoms with E-state index < -0.39 is 0 Å². The summed E-state index contributed by atoms with van der Waals surface area (Å²) in [5, 5.41) is 7.98. The molecule has 5 rings (SSSR count). The zero-order valence-electron chi connectivity index (χ0n) is 12.0. The van der Waals surface area contributed by atoms with Crippen molar-refractivity contribution in [2.24, 2.45) is 17.8 Å². The molecule has 1 heterocycles. The van der Waals surface area contributed by atoms with E-state index in [1.165, 1.54) is 44.1 Å². The smallest absolute Gasteiger partial charge is 0.138 e. The van der Waals surface area contributed by atoms with E-state index in [2.05, 4.69) is 10.5 Å². The Kier molecular flexibility index (Phi) is 2.57. The Morgan fingerprint density at radius 3 is 2.16 bits per heavy atom. The number of aryl methyl sites for hydroxylation is 2. The molecule has 0 radical (unpaired) electrons. The van der Waals surface area contributed by atoms with Crippen LogP contribution in [0.1, 0.15) is 55.5 Å². The molecule has 104 valence electrons. The van der Waals surface area contributed by atoms with Crippen LogP contribution in [0.2, 0.25) is 0 Å². The molecule has 0 spiro atoms. The highest BCUT2D eigenvalue weighted by Crippen LogP contribution is 2.55. The van der Waals surface area contributed by atoms with Crippen molar-refractivity contribution in [1.82, 2.24) is 10.5 Å². The van der Waals surface area contributed by atoms with Gasteiger partial charge in [-0.25, -0.2) is 0 Å². The van der Waals surface area contributed by atoms with Gasteiger partial charge in [-0.2, -0.15) is 0 Å². The van der Waals surface area contributed by atoms with Crippen LogP contribution in [0.3, 0.4) is 0 Å². The molecule has 0 saturated heterocycles.